The van der Waals surface area contributed by atoms with Crippen molar-refractivity contribution in [3.63, 3.8) is 0 Å². The molecule has 0 saturated carbocycles. The molecule has 4 heterocycles. The number of nitrogens with one attached hydrogen (secondary N) is 1. The van der Waals surface area contributed by atoms with Gasteiger partial charge in [0.15, 0.2) is 5.65 Å². The molecule has 0 aromatic carbocycles. The van der Waals surface area contributed by atoms with E-state index in [9.17, 15) is 4.79 Å². The highest BCUT2D eigenvalue weighted by Gasteiger charge is 2.25. The van der Waals surface area contributed by atoms with E-state index in [4.69, 9.17) is 10.7 Å². The van der Waals surface area contributed by atoms with E-state index >= 15 is 0 Å². The van der Waals surface area contributed by atoms with Crippen LogP contribution >= 0.6 is 15.9 Å². The number of nitrogens with two attached hydrogens (primary N) is 1. The summed E-state index contributed by atoms with van der Waals surface area (Å²) in [6, 6.07) is 5.89. The van der Waals surface area contributed by atoms with Gasteiger partial charge in [0.1, 0.15) is 11.6 Å². The maximum absolute atomic E-state index is 11.6. The lowest BCUT2D eigenvalue weighted by Gasteiger charge is -2.32. The number of hydrogen-bond acceptors (Lipinski definition) is 6. The molecule has 3 aromatic rings. The van der Waals surface area contributed by atoms with Gasteiger partial charge in [-0.25, -0.2) is 4.98 Å². The molecule has 140 valence electrons. The summed E-state index contributed by atoms with van der Waals surface area (Å²) in [7, 11) is 0. The number of carbonyl (C=O) groups excluding carboxylic acids is 1. The molecule has 8 nitrogen and oxygen atoms in total. The van der Waals surface area contributed by atoms with Gasteiger partial charge >= 0.3 is 0 Å². The lowest BCUT2D eigenvalue weighted by Crippen LogP contribution is -2.41. The zero-order valence-corrected chi connectivity index (χ0v) is 16.3. The third-order valence-corrected chi connectivity index (χ3v) is 5.32. The summed E-state index contributed by atoms with van der Waals surface area (Å²) in [6.07, 6.45) is 7.05. The predicted octanol–water partition coefficient (Wildman–Crippen LogP) is 2.20. The Morgan fingerprint density at radius 2 is 2.30 bits per heavy atom. The summed E-state index contributed by atoms with van der Waals surface area (Å²) in [4.78, 5) is 22.6. The molecule has 4 rings (SSSR count). The standard InChI is InChI=1S/C18H20BrN7O/c19-14-10-23-26-15(22-9-12-3-1-5-21-8-12)7-16(24-18(14)26)25-6-2-4-13(11-25)17(20)27/h1,3,5,7-8,10,13,22H,2,4,6,9,11H2,(H2,20,27). The lowest BCUT2D eigenvalue weighted by atomic mass is 9.97. The Kier molecular flexibility index (Phi) is 4.93. The third kappa shape index (κ3) is 3.73. The molecule has 1 saturated heterocycles. The van der Waals surface area contributed by atoms with Crippen molar-refractivity contribution in [2.75, 3.05) is 23.3 Å². The van der Waals surface area contributed by atoms with Gasteiger partial charge in [0.05, 0.1) is 16.6 Å². The van der Waals surface area contributed by atoms with Crippen LogP contribution in [0, 0.1) is 5.92 Å². The van der Waals surface area contributed by atoms with Gasteiger partial charge in [0, 0.05) is 38.1 Å². The van der Waals surface area contributed by atoms with Gasteiger partial charge in [-0.2, -0.15) is 9.61 Å². The van der Waals surface area contributed by atoms with Gasteiger partial charge in [-0.05, 0) is 40.4 Å². The number of halogens is 1. The largest absolute Gasteiger partial charge is 0.369 e. The number of amides is 1. The Hall–Kier alpha value is -2.68. The monoisotopic (exact) mass is 429 g/mol. The summed E-state index contributed by atoms with van der Waals surface area (Å²) in [5.41, 5.74) is 7.32. The molecule has 1 fully saturated rings. The van der Waals surface area contributed by atoms with Crippen molar-refractivity contribution in [1.82, 2.24) is 19.6 Å². The number of anilines is 2. The van der Waals surface area contributed by atoms with Crippen LogP contribution in [0.15, 0.2) is 41.3 Å². The van der Waals surface area contributed by atoms with Crippen LogP contribution in [0.25, 0.3) is 5.65 Å². The Balaban J connectivity index is 1.65. The number of aromatic nitrogens is 4. The highest BCUT2D eigenvalue weighted by atomic mass is 79.9. The number of carbonyl (C=O) groups is 1. The quantitative estimate of drug-likeness (QED) is 0.644. The molecule has 0 radical (unpaired) electrons. The van der Waals surface area contributed by atoms with E-state index in [2.05, 4.69) is 36.2 Å². The van der Waals surface area contributed by atoms with Crippen molar-refractivity contribution in [1.29, 1.82) is 0 Å². The van der Waals surface area contributed by atoms with Crippen LogP contribution < -0.4 is 16.0 Å². The average Bonchev–Trinajstić information content (AvgIpc) is 3.08. The second-order valence-corrected chi connectivity index (χ2v) is 7.48. The Bertz CT molecular complexity index is 959. The van der Waals surface area contributed by atoms with E-state index in [1.807, 2.05) is 24.4 Å². The Morgan fingerprint density at radius 3 is 3.07 bits per heavy atom. The number of nitrogens with zero attached hydrogens (tertiary/aromatic N) is 5. The molecular formula is C18H20BrN7O. The highest BCUT2D eigenvalue weighted by Crippen LogP contribution is 2.27. The van der Waals surface area contributed by atoms with Crippen LogP contribution in [-0.4, -0.2) is 38.6 Å². The van der Waals surface area contributed by atoms with Crippen LogP contribution in [0.3, 0.4) is 0 Å². The molecule has 1 aliphatic heterocycles. The summed E-state index contributed by atoms with van der Waals surface area (Å²) in [5, 5.41) is 7.81. The highest BCUT2D eigenvalue weighted by molar-refractivity contribution is 9.10. The Labute approximate surface area is 164 Å². The van der Waals surface area contributed by atoms with E-state index in [1.165, 1.54) is 0 Å². The molecule has 9 heteroatoms. The zero-order chi connectivity index (χ0) is 18.8. The molecule has 0 aliphatic carbocycles. The van der Waals surface area contributed by atoms with Gasteiger partial charge in [0.25, 0.3) is 0 Å². The van der Waals surface area contributed by atoms with Crippen LogP contribution in [0.1, 0.15) is 18.4 Å². The lowest BCUT2D eigenvalue weighted by molar-refractivity contribution is -0.122. The molecule has 0 bridgehead atoms. The number of primary amides is 1. The molecule has 27 heavy (non-hydrogen) atoms. The third-order valence-electron chi connectivity index (χ3n) is 4.76. The van der Waals surface area contributed by atoms with E-state index in [-0.39, 0.29) is 11.8 Å². The first kappa shape index (κ1) is 17.7. The summed E-state index contributed by atoms with van der Waals surface area (Å²) >= 11 is 3.51. The first-order chi connectivity index (χ1) is 13.1. The smallest absolute Gasteiger partial charge is 0.222 e. The normalized spacial score (nSPS) is 17.2. The van der Waals surface area contributed by atoms with Crippen molar-refractivity contribution in [2.45, 2.75) is 19.4 Å². The molecule has 1 unspecified atom stereocenters. The molecule has 3 N–H and O–H groups in total. The fraction of sp³-hybridized carbons (Fsp3) is 0.333. The number of fused-ring (bicyclic) bond motifs is 1. The fourth-order valence-corrected chi connectivity index (χ4v) is 3.67. The maximum atomic E-state index is 11.6. The molecule has 1 amide bonds. The number of rotatable bonds is 5. The van der Waals surface area contributed by atoms with Crippen LogP contribution in [0.2, 0.25) is 0 Å². The molecule has 3 aromatic heterocycles. The van der Waals surface area contributed by atoms with E-state index in [0.717, 1.165) is 46.7 Å². The van der Waals surface area contributed by atoms with Gasteiger partial charge < -0.3 is 16.0 Å². The van der Waals surface area contributed by atoms with Gasteiger partial charge in [0.2, 0.25) is 5.91 Å². The van der Waals surface area contributed by atoms with Gasteiger partial charge in [-0.3, -0.25) is 9.78 Å². The topological polar surface area (TPSA) is 101 Å². The average molecular weight is 430 g/mol. The van der Waals surface area contributed by atoms with E-state index in [1.54, 1.807) is 16.9 Å². The number of pyridine rings is 1. The first-order valence-electron chi connectivity index (χ1n) is 8.83. The fourth-order valence-electron chi connectivity index (χ4n) is 3.32. The van der Waals surface area contributed by atoms with Gasteiger partial charge in [-0.1, -0.05) is 6.07 Å². The Morgan fingerprint density at radius 1 is 1.41 bits per heavy atom. The first-order valence-corrected chi connectivity index (χ1v) is 9.62. The van der Waals surface area contributed by atoms with Crippen LogP contribution in [0.5, 0.6) is 0 Å². The summed E-state index contributed by atoms with van der Waals surface area (Å²) in [5.74, 6) is 1.24. The zero-order valence-electron chi connectivity index (χ0n) is 14.7. The SMILES string of the molecule is NC(=O)C1CCCN(c2cc(NCc3cccnc3)n3ncc(Br)c3n2)C1. The molecule has 0 spiro atoms. The molecular weight excluding hydrogens is 410 g/mol. The number of hydrogen-bond donors (Lipinski definition) is 2. The molecule has 1 aliphatic rings. The maximum Gasteiger partial charge on any atom is 0.222 e. The van der Waals surface area contributed by atoms with Crippen molar-refractivity contribution in [3.05, 3.63) is 46.8 Å². The minimum Gasteiger partial charge on any atom is -0.369 e. The van der Waals surface area contributed by atoms with Crippen LogP contribution in [0.4, 0.5) is 11.6 Å². The van der Waals surface area contributed by atoms with E-state index < -0.39 is 0 Å². The van der Waals surface area contributed by atoms with E-state index in [0.29, 0.717) is 13.1 Å². The van der Waals surface area contributed by atoms with Crippen molar-refractivity contribution in [2.24, 2.45) is 11.7 Å². The summed E-state index contributed by atoms with van der Waals surface area (Å²) in [6.45, 7) is 2.06. The number of piperidine rings is 1. The minimum absolute atomic E-state index is 0.142. The minimum atomic E-state index is -0.249. The second kappa shape index (κ2) is 7.51. The second-order valence-electron chi connectivity index (χ2n) is 6.63. The van der Waals surface area contributed by atoms with Crippen molar-refractivity contribution >= 4 is 39.1 Å². The van der Waals surface area contributed by atoms with Crippen molar-refractivity contribution < 1.29 is 4.79 Å². The molecule has 1 atom stereocenters. The van der Waals surface area contributed by atoms with Crippen molar-refractivity contribution in [3.8, 4) is 0 Å². The van der Waals surface area contributed by atoms with Crippen LogP contribution in [-0.2, 0) is 11.3 Å². The van der Waals surface area contributed by atoms with Gasteiger partial charge in [-0.15, -0.1) is 0 Å². The summed E-state index contributed by atoms with van der Waals surface area (Å²) < 4.78 is 2.58. The predicted molar refractivity (Wildman–Crippen MR) is 106 cm³/mol.